The van der Waals surface area contributed by atoms with Crippen molar-refractivity contribution < 1.29 is 4.79 Å². The Bertz CT molecular complexity index is 273. The van der Waals surface area contributed by atoms with E-state index in [9.17, 15) is 4.79 Å². The van der Waals surface area contributed by atoms with Crippen molar-refractivity contribution in [2.24, 2.45) is 5.73 Å². The van der Waals surface area contributed by atoms with E-state index >= 15 is 0 Å². The molecule has 0 aromatic carbocycles. The van der Waals surface area contributed by atoms with Gasteiger partial charge < -0.3 is 10.7 Å². The molecular formula is C4H5N3OS. The van der Waals surface area contributed by atoms with E-state index in [1.165, 1.54) is 6.20 Å². The number of H-pyrrole nitrogens is 1. The molecule has 1 aromatic rings. The molecule has 1 heterocycles. The Morgan fingerprint density at radius 2 is 2.56 bits per heavy atom. The summed E-state index contributed by atoms with van der Waals surface area (Å²) in [5.74, 6) is 0. The van der Waals surface area contributed by atoms with Gasteiger partial charge in [0.2, 0.25) is 0 Å². The zero-order valence-electron chi connectivity index (χ0n) is 4.50. The third-order valence-electron chi connectivity index (χ3n) is 0.887. The van der Waals surface area contributed by atoms with E-state index in [-0.39, 0.29) is 0 Å². The molecule has 1 rings (SSSR count). The van der Waals surface area contributed by atoms with Crippen molar-refractivity contribution in [1.82, 2.24) is 9.55 Å². The summed E-state index contributed by atoms with van der Waals surface area (Å²) in [6, 6.07) is -0.568. The van der Waals surface area contributed by atoms with Crippen LogP contribution < -0.4 is 5.73 Å². The minimum Gasteiger partial charge on any atom is -0.351 e. The first-order valence-electron chi connectivity index (χ1n) is 2.27. The van der Waals surface area contributed by atoms with Gasteiger partial charge >= 0.3 is 6.03 Å². The van der Waals surface area contributed by atoms with E-state index in [1.807, 2.05) is 0 Å². The highest BCUT2D eigenvalue weighted by Crippen LogP contribution is 1.86. The van der Waals surface area contributed by atoms with Crippen LogP contribution in [-0.4, -0.2) is 15.6 Å². The number of nitrogens with one attached hydrogen (secondary N) is 1. The Morgan fingerprint density at radius 1 is 1.89 bits per heavy atom. The fraction of sp³-hybridized carbons (Fsp3) is 0. The number of nitrogens with zero attached hydrogens (tertiary/aromatic N) is 1. The van der Waals surface area contributed by atoms with Gasteiger partial charge in [-0.25, -0.2) is 9.36 Å². The highest BCUT2D eigenvalue weighted by molar-refractivity contribution is 7.71. The van der Waals surface area contributed by atoms with Crippen LogP contribution in [0.25, 0.3) is 0 Å². The van der Waals surface area contributed by atoms with E-state index < -0.39 is 6.03 Å². The van der Waals surface area contributed by atoms with Crippen LogP contribution in [0, 0.1) is 4.77 Å². The van der Waals surface area contributed by atoms with Crippen LogP contribution in [0.3, 0.4) is 0 Å². The van der Waals surface area contributed by atoms with Crippen molar-refractivity contribution in [2.75, 3.05) is 0 Å². The van der Waals surface area contributed by atoms with Crippen molar-refractivity contribution in [1.29, 1.82) is 0 Å². The summed E-state index contributed by atoms with van der Waals surface area (Å²) in [5, 5.41) is 0. The van der Waals surface area contributed by atoms with Crippen LogP contribution in [0.5, 0.6) is 0 Å². The summed E-state index contributed by atoms with van der Waals surface area (Å²) < 4.78 is 1.47. The number of carbonyl (C=O) groups is 1. The van der Waals surface area contributed by atoms with Gasteiger partial charge in [-0.05, 0) is 12.2 Å². The summed E-state index contributed by atoms with van der Waals surface area (Å²) in [5.41, 5.74) is 4.90. The molecule has 0 saturated heterocycles. The number of nitrogens with two attached hydrogens (primary N) is 1. The monoisotopic (exact) mass is 143 g/mol. The predicted molar refractivity (Wildman–Crippen MR) is 34.6 cm³/mol. The van der Waals surface area contributed by atoms with Crippen molar-refractivity contribution in [3.05, 3.63) is 17.2 Å². The highest BCUT2D eigenvalue weighted by atomic mass is 32.1. The molecule has 1 amide bonds. The van der Waals surface area contributed by atoms with Gasteiger partial charge in [0, 0.05) is 12.4 Å². The molecule has 9 heavy (non-hydrogen) atoms. The third-order valence-corrected chi connectivity index (χ3v) is 1.20. The summed E-state index contributed by atoms with van der Waals surface area (Å²) in [4.78, 5) is 13.0. The van der Waals surface area contributed by atoms with Crippen molar-refractivity contribution >= 4 is 18.2 Å². The number of carbonyl (C=O) groups excluding carboxylic acids is 1. The lowest BCUT2D eigenvalue weighted by molar-refractivity contribution is 0.250. The number of hydrogen-bond donors (Lipinski definition) is 2. The normalized spacial score (nSPS) is 9.33. The van der Waals surface area contributed by atoms with Crippen LogP contribution in [0.4, 0.5) is 4.79 Å². The second-order valence-corrected chi connectivity index (χ2v) is 1.86. The molecule has 0 aliphatic heterocycles. The maximum absolute atomic E-state index is 10.4. The van der Waals surface area contributed by atoms with Gasteiger partial charge in [0.05, 0.1) is 0 Å². The molecule has 0 saturated carbocycles. The van der Waals surface area contributed by atoms with Gasteiger partial charge in [-0.2, -0.15) is 0 Å². The predicted octanol–water partition coefficient (Wildman–Crippen LogP) is 0.472. The van der Waals surface area contributed by atoms with E-state index in [4.69, 9.17) is 5.73 Å². The largest absolute Gasteiger partial charge is 0.351 e. The molecule has 0 spiro atoms. The van der Waals surface area contributed by atoms with Gasteiger partial charge in [-0.3, -0.25) is 0 Å². The lowest BCUT2D eigenvalue weighted by Crippen LogP contribution is -2.18. The number of imidazole rings is 1. The topological polar surface area (TPSA) is 63.8 Å². The summed E-state index contributed by atoms with van der Waals surface area (Å²) in [6.07, 6.45) is 3.03. The zero-order valence-corrected chi connectivity index (χ0v) is 5.31. The zero-order chi connectivity index (χ0) is 6.85. The molecule has 0 aliphatic rings. The van der Waals surface area contributed by atoms with Crippen molar-refractivity contribution in [3.8, 4) is 0 Å². The highest BCUT2D eigenvalue weighted by Gasteiger charge is 1.95. The SMILES string of the molecule is NC(=O)n1cc[nH]c1=S. The number of rotatable bonds is 0. The van der Waals surface area contributed by atoms with E-state index in [0.717, 1.165) is 4.57 Å². The molecule has 48 valence electrons. The molecule has 0 bridgehead atoms. The van der Waals surface area contributed by atoms with Gasteiger partial charge in [0.1, 0.15) is 0 Å². The molecule has 0 unspecified atom stereocenters. The Morgan fingerprint density at radius 3 is 2.78 bits per heavy atom. The molecule has 4 nitrogen and oxygen atoms in total. The Balaban J connectivity index is 3.24. The van der Waals surface area contributed by atoms with Crippen LogP contribution in [0.15, 0.2) is 12.4 Å². The second-order valence-electron chi connectivity index (χ2n) is 1.47. The molecular weight excluding hydrogens is 138 g/mol. The number of aromatic amines is 1. The third kappa shape index (κ3) is 0.996. The minimum atomic E-state index is -0.568. The molecule has 3 N–H and O–H groups in total. The Hall–Kier alpha value is -1.10. The average Bonchev–Trinajstić information content (AvgIpc) is 2.13. The van der Waals surface area contributed by atoms with E-state index in [0.29, 0.717) is 4.77 Å². The first-order chi connectivity index (χ1) is 4.22. The first-order valence-corrected chi connectivity index (χ1v) is 2.68. The van der Waals surface area contributed by atoms with Crippen LogP contribution in [-0.2, 0) is 0 Å². The second kappa shape index (κ2) is 2.02. The van der Waals surface area contributed by atoms with E-state index in [1.54, 1.807) is 6.20 Å². The summed E-state index contributed by atoms with van der Waals surface area (Å²) >= 11 is 4.67. The Labute approximate surface area is 56.3 Å². The van der Waals surface area contributed by atoms with Crippen molar-refractivity contribution in [2.45, 2.75) is 0 Å². The number of primary amides is 1. The number of amides is 1. The first kappa shape index (κ1) is 6.03. The van der Waals surface area contributed by atoms with Gasteiger partial charge in [-0.15, -0.1) is 0 Å². The average molecular weight is 143 g/mol. The lowest BCUT2D eigenvalue weighted by atomic mass is 10.9. The van der Waals surface area contributed by atoms with Crippen LogP contribution in [0.1, 0.15) is 0 Å². The molecule has 5 heteroatoms. The van der Waals surface area contributed by atoms with Crippen molar-refractivity contribution in [3.63, 3.8) is 0 Å². The molecule has 0 aliphatic carbocycles. The van der Waals surface area contributed by atoms with Gasteiger partial charge in [0.25, 0.3) is 0 Å². The lowest BCUT2D eigenvalue weighted by Gasteiger charge is -1.88. The quantitative estimate of drug-likeness (QED) is 0.518. The standard InChI is InChI=1S/C4H5N3OS/c5-3(8)7-2-1-6-4(7)9/h1-2H,(H2,5,8)(H,6,9). The van der Waals surface area contributed by atoms with Crippen LogP contribution in [0.2, 0.25) is 0 Å². The smallest absolute Gasteiger partial charge is 0.325 e. The molecule has 0 fully saturated rings. The molecule has 1 aromatic heterocycles. The summed E-state index contributed by atoms with van der Waals surface area (Å²) in [6.45, 7) is 0. The number of aromatic nitrogens is 2. The van der Waals surface area contributed by atoms with Gasteiger partial charge in [-0.1, -0.05) is 0 Å². The molecule has 0 radical (unpaired) electrons. The Kier molecular flexibility index (Phi) is 1.35. The minimum absolute atomic E-state index is 0.322. The fourth-order valence-electron chi connectivity index (χ4n) is 0.494. The van der Waals surface area contributed by atoms with E-state index in [2.05, 4.69) is 17.2 Å². The van der Waals surface area contributed by atoms with Crippen LogP contribution >= 0.6 is 12.2 Å². The summed E-state index contributed by atoms with van der Waals surface area (Å²) in [7, 11) is 0. The maximum atomic E-state index is 10.4. The number of hydrogen-bond acceptors (Lipinski definition) is 2. The molecule has 0 atom stereocenters. The van der Waals surface area contributed by atoms with Gasteiger partial charge in [0.15, 0.2) is 4.77 Å². The fourth-order valence-corrected chi connectivity index (χ4v) is 0.713. The maximum Gasteiger partial charge on any atom is 0.325 e.